The lowest BCUT2D eigenvalue weighted by atomic mass is 10.1. The second-order valence-corrected chi connectivity index (χ2v) is 4.95. The van der Waals surface area contributed by atoms with Crippen molar-refractivity contribution >= 4 is 17.8 Å². The summed E-state index contributed by atoms with van der Waals surface area (Å²) in [5.74, 6) is -0.817. The number of imide groups is 3. The first-order valence-corrected chi connectivity index (χ1v) is 6.74. The minimum absolute atomic E-state index is 0.00537. The van der Waals surface area contributed by atoms with E-state index in [1.165, 1.54) is 17.5 Å². The van der Waals surface area contributed by atoms with Crippen molar-refractivity contribution in [1.29, 1.82) is 0 Å². The van der Waals surface area contributed by atoms with Crippen LogP contribution in [0.4, 0.5) is 4.79 Å². The monoisotopic (exact) mass is 274 g/mol. The fourth-order valence-electron chi connectivity index (χ4n) is 2.23. The topological polar surface area (TPSA) is 57.7 Å². The Hall–Kier alpha value is -2.17. The zero-order valence-electron chi connectivity index (χ0n) is 11.5. The Balaban J connectivity index is 1.76. The van der Waals surface area contributed by atoms with Crippen LogP contribution in [0.5, 0.6) is 0 Å². The van der Waals surface area contributed by atoms with Crippen molar-refractivity contribution in [2.75, 3.05) is 13.6 Å². The van der Waals surface area contributed by atoms with Gasteiger partial charge in [0.15, 0.2) is 0 Å². The molecule has 1 aromatic carbocycles. The van der Waals surface area contributed by atoms with Gasteiger partial charge >= 0.3 is 6.03 Å². The molecule has 0 atom stereocenters. The first-order chi connectivity index (χ1) is 9.59. The van der Waals surface area contributed by atoms with Crippen molar-refractivity contribution in [3.05, 3.63) is 35.9 Å². The normalized spacial score (nSPS) is 15.1. The molecule has 1 aliphatic heterocycles. The number of benzene rings is 1. The molecule has 0 unspecified atom stereocenters. The van der Waals surface area contributed by atoms with Crippen molar-refractivity contribution in [2.45, 2.75) is 25.7 Å². The van der Waals surface area contributed by atoms with Crippen molar-refractivity contribution in [1.82, 2.24) is 9.80 Å². The highest BCUT2D eigenvalue weighted by Crippen LogP contribution is 2.12. The summed E-state index contributed by atoms with van der Waals surface area (Å²) < 4.78 is 0. The number of hydrogen-bond acceptors (Lipinski definition) is 3. The number of rotatable bonds is 5. The van der Waals surface area contributed by atoms with Gasteiger partial charge in [-0.3, -0.25) is 9.59 Å². The number of likely N-dealkylation sites (N-methyl/N-ethyl adjacent to an activating group) is 1. The molecule has 0 radical (unpaired) electrons. The minimum Gasteiger partial charge on any atom is -0.318 e. The van der Waals surface area contributed by atoms with Crippen LogP contribution in [0, 0.1) is 0 Å². The second-order valence-electron chi connectivity index (χ2n) is 4.95. The highest BCUT2D eigenvalue weighted by Gasteiger charge is 2.37. The standard InChI is InChI=1S/C15H18N2O3/c1-16-11-14(19)17(15(16)20)13(18)10-6-5-9-12-7-3-2-4-8-12/h2-4,7-8H,5-6,9-11H2,1H3. The number of aryl methyl sites for hydroxylation is 1. The average Bonchev–Trinajstić information content (AvgIpc) is 2.69. The predicted molar refractivity (Wildman–Crippen MR) is 73.9 cm³/mol. The van der Waals surface area contributed by atoms with Gasteiger partial charge in [-0.2, -0.15) is 4.90 Å². The summed E-state index contributed by atoms with van der Waals surface area (Å²) in [4.78, 5) is 37.1. The zero-order valence-corrected chi connectivity index (χ0v) is 11.5. The molecule has 4 amide bonds. The molecule has 1 saturated heterocycles. The first kappa shape index (κ1) is 14.2. The summed E-state index contributed by atoms with van der Waals surface area (Å²) in [6.07, 6.45) is 2.67. The highest BCUT2D eigenvalue weighted by atomic mass is 16.2. The van der Waals surface area contributed by atoms with Gasteiger partial charge in [0, 0.05) is 13.5 Å². The molecule has 1 fully saturated rings. The van der Waals surface area contributed by atoms with Crippen molar-refractivity contribution in [2.24, 2.45) is 0 Å². The van der Waals surface area contributed by atoms with E-state index in [1.54, 1.807) is 0 Å². The molecule has 1 aromatic rings. The molecule has 2 rings (SSSR count). The molecule has 5 nitrogen and oxygen atoms in total. The molecule has 106 valence electrons. The van der Waals surface area contributed by atoms with Crippen molar-refractivity contribution < 1.29 is 14.4 Å². The molecule has 0 saturated carbocycles. The van der Waals surface area contributed by atoms with Crippen LogP contribution in [-0.4, -0.2) is 41.2 Å². The SMILES string of the molecule is CN1CC(=O)N(C(=O)CCCCc2ccccc2)C1=O. The van der Waals surface area contributed by atoms with E-state index in [9.17, 15) is 14.4 Å². The molecule has 1 heterocycles. The first-order valence-electron chi connectivity index (χ1n) is 6.74. The summed E-state index contributed by atoms with van der Waals surface area (Å²) in [5, 5.41) is 0. The third-order valence-electron chi connectivity index (χ3n) is 3.34. The van der Waals surface area contributed by atoms with Crippen LogP contribution >= 0.6 is 0 Å². The van der Waals surface area contributed by atoms with Crippen LogP contribution in [0.2, 0.25) is 0 Å². The van der Waals surface area contributed by atoms with Crippen LogP contribution < -0.4 is 0 Å². The molecule has 0 bridgehead atoms. The fraction of sp³-hybridized carbons (Fsp3) is 0.400. The molecule has 0 spiro atoms. The Morgan fingerprint density at radius 2 is 1.85 bits per heavy atom. The van der Waals surface area contributed by atoms with Crippen molar-refractivity contribution in [3.8, 4) is 0 Å². The van der Waals surface area contributed by atoms with Gasteiger partial charge in [-0.25, -0.2) is 4.79 Å². The Morgan fingerprint density at radius 3 is 2.45 bits per heavy atom. The van der Waals surface area contributed by atoms with Gasteiger partial charge in [-0.1, -0.05) is 30.3 Å². The van der Waals surface area contributed by atoms with E-state index in [4.69, 9.17) is 0 Å². The number of unbranched alkanes of at least 4 members (excludes halogenated alkanes) is 1. The van der Waals surface area contributed by atoms with E-state index < -0.39 is 17.8 Å². The Kier molecular flexibility index (Phi) is 4.50. The van der Waals surface area contributed by atoms with E-state index >= 15 is 0 Å². The number of urea groups is 1. The summed E-state index contributed by atoms with van der Waals surface area (Å²) in [6.45, 7) is -0.00537. The smallest absolute Gasteiger partial charge is 0.318 e. The molecule has 0 aliphatic carbocycles. The molecule has 1 aliphatic rings. The second kappa shape index (κ2) is 6.32. The number of carbonyl (C=O) groups excluding carboxylic acids is 3. The molecule has 20 heavy (non-hydrogen) atoms. The van der Waals surface area contributed by atoms with Crippen LogP contribution in [0.25, 0.3) is 0 Å². The maximum absolute atomic E-state index is 11.9. The molecular weight excluding hydrogens is 256 g/mol. The lowest BCUT2D eigenvalue weighted by Crippen LogP contribution is -2.37. The summed E-state index contributed by atoms with van der Waals surface area (Å²) in [7, 11) is 1.52. The Bertz CT molecular complexity index is 513. The van der Waals surface area contributed by atoms with E-state index in [2.05, 4.69) is 0 Å². The predicted octanol–water partition coefficient (Wildman–Crippen LogP) is 1.82. The zero-order chi connectivity index (χ0) is 14.5. The van der Waals surface area contributed by atoms with Crippen LogP contribution in [0.15, 0.2) is 30.3 Å². The lowest BCUT2D eigenvalue weighted by Gasteiger charge is -2.12. The third kappa shape index (κ3) is 3.23. The lowest BCUT2D eigenvalue weighted by molar-refractivity contribution is -0.138. The van der Waals surface area contributed by atoms with E-state index in [-0.39, 0.29) is 13.0 Å². The van der Waals surface area contributed by atoms with Gasteiger partial charge in [0.2, 0.25) is 5.91 Å². The Morgan fingerprint density at radius 1 is 1.15 bits per heavy atom. The van der Waals surface area contributed by atoms with Crippen LogP contribution in [0.1, 0.15) is 24.8 Å². The average molecular weight is 274 g/mol. The Labute approximate surface area is 118 Å². The fourth-order valence-corrected chi connectivity index (χ4v) is 2.23. The minimum atomic E-state index is -0.511. The van der Waals surface area contributed by atoms with E-state index in [0.29, 0.717) is 6.42 Å². The molecular formula is C15H18N2O3. The molecule has 0 N–H and O–H groups in total. The van der Waals surface area contributed by atoms with Gasteiger partial charge in [0.05, 0.1) is 0 Å². The number of amides is 4. The van der Waals surface area contributed by atoms with Gasteiger partial charge < -0.3 is 4.90 Å². The van der Waals surface area contributed by atoms with E-state index in [0.717, 1.165) is 17.7 Å². The van der Waals surface area contributed by atoms with Crippen LogP contribution in [0.3, 0.4) is 0 Å². The largest absolute Gasteiger partial charge is 0.333 e. The van der Waals surface area contributed by atoms with Crippen molar-refractivity contribution in [3.63, 3.8) is 0 Å². The highest BCUT2D eigenvalue weighted by molar-refractivity contribution is 6.14. The number of nitrogens with zero attached hydrogens (tertiary/aromatic N) is 2. The van der Waals surface area contributed by atoms with Crippen LogP contribution in [-0.2, 0) is 16.0 Å². The summed E-state index contributed by atoms with van der Waals surface area (Å²) >= 11 is 0. The van der Waals surface area contributed by atoms with Gasteiger partial charge in [0.1, 0.15) is 6.54 Å². The maximum Gasteiger partial charge on any atom is 0.333 e. The number of carbonyl (C=O) groups is 3. The molecule has 0 aromatic heterocycles. The van der Waals surface area contributed by atoms with Gasteiger partial charge in [-0.05, 0) is 24.8 Å². The number of hydrogen-bond donors (Lipinski definition) is 0. The van der Waals surface area contributed by atoms with Gasteiger partial charge in [0.25, 0.3) is 5.91 Å². The third-order valence-corrected chi connectivity index (χ3v) is 3.34. The quantitative estimate of drug-likeness (QED) is 0.608. The van der Waals surface area contributed by atoms with E-state index in [1.807, 2.05) is 30.3 Å². The maximum atomic E-state index is 11.9. The summed E-state index contributed by atoms with van der Waals surface area (Å²) in [5.41, 5.74) is 1.23. The summed E-state index contributed by atoms with van der Waals surface area (Å²) in [6, 6.07) is 9.52. The van der Waals surface area contributed by atoms with Gasteiger partial charge in [-0.15, -0.1) is 0 Å². The molecule has 5 heteroatoms.